The van der Waals surface area contributed by atoms with Gasteiger partial charge in [-0.15, -0.1) is 0 Å². The maximum absolute atomic E-state index is 13.2. The molecule has 1 amide bonds. The van der Waals surface area contributed by atoms with Crippen LogP contribution in [-0.2, 0) is 11.3 Å². The molecule has 2 aliphatic heterocycles. The molecule has 3 heterocycles. The van der Waals surface area contributed by atoms with Gasteiger partial charge in [0, 0.05) is 23.1 Å². The van der Waals surface area contributed by atoms with Gasteiger partial charge in [-0.3, -0.25) is 4.90 Å². The first-order chi connectivity index (χ1) is 18.7. The first-order valence-corrected chi connectivity index (χ1v) is 14.0. The van der Waals surface area contributed by atoms with Crippen molar-refractivity contribution in [2.75, 3.05) is 11.4 Å². The van der Waals surface area contributed by atoms with Crippen LogP contribution in [0.1, 0.15) is 52.0 Å². The normalized spacial score (nSPS) is 21.0. The number of azo groups is 1. The molecule has 1 saturated carbocycles. The number of ether oxygens (including phenoxy) is 2. The van der Waals surface area contributed by atoms with Gasteiger partial charge in [0.1, 0.15) is 11.4 Å². The Morgan fingerprint density at radius 2 is 1.85 bits per heavy atom. The lowest BCUT2D eigenvalue weighted by Gasteiger charge is -2.29. The van der Waals surface area contributed by atoms with Crippen LogP contribution < -0.4 is 20.3 Å². The molecule has 39 heavy (non-hydrogen) atoms. The van der Waals surface area contributed by atoms with Crippen LogP contribution >= 0.6 is 11.6 Å². The van der Waals surface area contributed by atoms with E-state index in [0.29, 0.717) is 18.1 Å². The number of rotatable bonds is 3. The number of nitrogens with zero attached hydrogens (tertiary/aromatic N) is 3. The summed E-state index contributed by atoms with van der Waals surface area (Å²) in [6.45, 7) is 6.32. The molecule has 1 aliphatic carbocycles. The zero-order valence-corrected chi connectivity index (χ0v) is 23.3. The summed E-state index contributed by atoms with van der Waals surface area (Å²) in [5.41, 5.74) is 2.08. The third-order valence-electron chi connectivity index (χ3n) is 7.49. The highest BCUT2D eigenvalue weighted by molar-refractivity contribution is 6.34. The van der Waals surface area contributed by atoms with Gasteiger partial charge in [0.25, 0.3) is 0 Å². The summed E-state index contributed by atoms with van der Waals surface area (Å²) < 4.78 is 12.1. The van der Waals surface area contributed by atoms with Gasteiger partial charge in [-0.05, 0) is 81.5 Å². The van der Waals surface area contributed by atoms with E-state index in [1.807, 2.05) is 32.9 Å². The topological polar surface area (TPSA) is 79.3 Å². The van der Waals surface area contributed by atoms with Crippen molar-refractivity contribution in [3.05, 3.63) is 69.8 Å². The van der Waals surface area contributed by atoms with Gasteiger partial charge in [0.2, 0.25) is 0 Å². The molecule has 0 bridgehead atoms. The third-order valence-corrected chi connectivity index (χ3v) is 7.75. The van der Waals surface area contributed by atoms with E-state index in [-0.39, 0.29) is 12.0 Å². The minimum absolute atomic E-state index is 0.170. The minimum Gasteiger partial charge on any atom is -0.490 e. The molecule has 0 unspecified atom stereocenters. The van der Waals surface area contributed by atoms with Crippen molar-refractivity contribution in [3.63, 3.8) is 0 Å². The summed E-state index contributed by atoms with van der Waals surface area (Å²) in [5, 5.41) is 13.8. The Labute approximate surface area is 232 Å². The molecule has 0 spiro atoms. The highest BCUT2D eigenvalue weighted by Crippen LogP contribution is 2.35. The Hall–Kier alpha value is -3.58. The lowest BCUT2D eigenvalue weighted by molar-refractivity contribution is 0.0584. The summed E-state index contributed by atoms with van der Waals surface area (Å²) in [7, 11) is 0. The molecule has 8 heteroatoms. The Bertz CT molecular complexity index is 1610. The van der Waals surface area contributed by atoms with Crippen LogP contribution in [-0.4, -0.2) is 29.3 Å². The van der Waals surface area contributed by atoms with E-state index >= 15 is 0 Å². The summed E-state index contributed by atoms with van der Waals surface area (Å²) >= 11 is 6.45. The molecule has 1 aromatic heterocycles. The van der Waals surface area contributed by atoms with Crippen LogP contribution in [0.2, 0.25) is 0 Å². The predicted molar refractivity (Wildman–Crippen MR) is 154 cm³/mol. The number of aromatic amines is 1. The highest BCUT2D eigenvalue weighted by atomic mass is 35.5. The summed E-state index contributed by atoms with van der Waals surface area (Å²) in [5.74, 6) is 1.17. The molecule has 1 fully saturated rings. The highest BCUT2D eigenvalue weighted by Gasteiger charge is 2.32. The smallest absolute Gasteiger partial charge is 0.415 e. The van der Waals surface area contributed by atoms with Gasteiger partial charge >= 0.3 is 6.09 Å². The van der Waals surface area contributed by atoms with Crippen molar-refractivity contribution in [3.8, 4) is 5.75 Å². The molecular weight excluding hydrogens is 512 g/mol. The molecule has 1 N–H and O–H groups in total. The number of nitrogens with one attached hydrogen (secondary N) is 1. The molecule has 0 saturated heterocycles. The zero-order chi connectivity index (χ0) is 27.1. The molecular formula is C31H33ClN4O3. The number of aromatic nitrogens is 1. The second-order valence-corrected chi connectivity index (χ2v) is 11.9. The second kappa shape index (κ2) is 10.2. The van der Waals surface area contributed by atoms with E-state index in [9.17, 15) is 4.79 Å². The molecule has 0 radical (unpaired) electrons. The van der Waals surface area contributed by atoms with E-state index in [4.69, 9.17) is 21.1 Å². The Morgan fingerprint density at radius 3 is 2.62 bits per heavy atom. The maximum Gasteiger partial charge on any atom is 0.415 e. The Kier molecular flexibility index (Phi) is 6.71. The molecule has 2 aromatic carbocycles. The number of carbonyl (C=O) groups excluding carboxylic acids is 1. The van der Waals surface area contributed by atoms with Crippen LogP contribution in [0.4, 0.5) is 10.5 Å². The van der Waals surface area contributed by atoms with Crippen molar-refractivity contribution >= 4 is 45.9 Å². The number of amides is 1. The number of hydrogen-bond donors (Lipinski definition) is 1. The number of anilines is 1. The Balaban J connectivity index is 1.25. The van der Waals surface area contributed by atoms with Gasteiger partial charge < -0.3 is 14.5 Å². The molecule has 0 atom stereocenters. The van der Waals surface area contributed by atoms with Gasteiger partial charge in [0.05, 0.1) is 34.7 Å². The fourth-order valence-electron chi connectivity index (χ4n) is 5.69. The fraction of sp³-hybridized carbons (Fsp3) is 0.387. The number of H-pyrrole nitrogens is 1. The van der Waals surface area contributed by atoms with Gasteiger partial charge in [-0.1, -0.05) is 41.9 Å². The minimum atomic E-state index is -0.609. The molecule has 7 nitrogen and oxygen atoms in total. The fourth-order valence-corrected chi connectivity index (χ4v) is 5.87. The average molecular weight is 545 g/mol. The van der Waals surface area contributed by atoms with E-state index in [2.05, 4.69) is 57.7 Å². The first-order valence-electron chi connectivity index (χ1n) is 13.6. The van der Waals surface area contributed by atoms with Crippen molar-refractivity contribution in [1.29, 1.82) is 0 Å². The first kappa shape index (κ1) is 25.7. The monoisotopic (exact) mass is 544 g/mol. The summed E-state index contributed by atoms with van der Waals surface area (Å²) in [6, 6.07) is 14.6. The van der Waals surface area contributed by atoms with Crippen LogP contribution in [0.15, 0.2) is 63.8 Å². The zero-order valence-electron chi connectivity index (χ0n) is 22.5. The maximum atomic E-state index is 13.2. The second-order valence-electron chi connectivity index (χ2n) is 11.5. The van der Waals surface area contributed by atoms with Crippen LogP contribution in [0.5, 0.6) is 5.75 Å². The van der Waals surface area contributed by atoms with E-state index in [1.54, 1.807) is 4.90 Å². The summed E-state index contributed by atoms with van der Waals surface area (Å²) in [4.78, 5) is 18.4. The average Bonchev–Trinajstić information content (AvgIpc) is 3.17. The SMILES string of the molecule is CC(C)(C)OC(=O)N1CC=C(Cl)C=c2[nH]c3c(c21)CN=NC=3C1CCC(Oc2ccc3ccccc3c2)CC1. The van der Waals surface area contributed by atoms with Crippen molar-refractivity contribution < 1.29 is 14.3 Å². The molecule has 6 rings (SSSR count). The molecule has 3 aliphatic rings. The van der Waals surface area contributed by atoms with Crippen LogP contribution in [0, 0.1) is 5.92 Å². The van der Waals surface area contributed by atoms with Crippen molar-refractivity contribution in [2.45, 2.75) is 64.7 Å². The van der Waals surface area contributed by atoms with E-state index < -0.39 is 11.7 Å². The lowest BCUT2D eigenvalue weighted by atomic mass is 9.84. The Morgan fingerprint density at radius 1 is 1.08 bits per heavy atom. The van der Waals surface area contributed by atoms with Gasteiger partial charge in [-0.25, -0.2) is 4.79 Å². The lowest BCUT2D eigenvalue weighted by Crippen LogP contribution is -2.39. The van der Waals surface area contributed by atoms with Gasteiger partial charge in [0.15, 0.2) is 0 Å². The van der Waals surface area contributed by atoms with Crippen molar-refractivity contribution in [2.24, 2.45) is 16.1 Å². The molecule has 3 aromatic rings. The summed E-state index contributed by atoms with van der Waals surface area (Å²) in [6.07, 6.45) is 7.24. The third kappa shape index (κ3) is 5.33. The largest absolute Gasteiger partial charge is 0.490 e. The predicted octanol–water partition coefficient (Wildman–Crippen LogP) is 6.54. The van der Waals surface area contributed by atoms with Gasteiger partial charge in [-0.2, -0.15) is 10.2 Å². The number of allylic oxidation sites excluding steroid dienone is 1. The number of hydrogen-bond acceptors (Lipinski definition) is 5. The van der Waals surface area contributed by atoms with E-state index in [1.165, 1.54) is 10.8 Å². The van der Waals surface area contributed by atoms with Crippen LogP contribution in [0.25, 0.3) is 22.5 Å². The number of halogens is 1. The number of carbonyl (C=O) groups is 1. The van der Waals surface area contributed by atoms with Crippen LogP contribution in [0.3, 0.4) is 0 Å². The number of benzene rings is 2. The van der Waals surface area contributed by atoms with Crippen molar-refractivity contribution in [1.82, 2.24) is 4.98 Å². The molecule has 202 valence electrons. The van der Waals surface area contributed by atoms with E-state index in [0.717, 1.165) is 59.1 Å². The number of fused-ring (bicyclic) bond motifs is 4. The standard InChI is InChI=1S/C31H33ClN4O3/c1-31(2,3)39-30(37)36-15-14-22(32)17-26-29(36)25-18-33-35-27(28(25)34-26)20-9-11-23(12-10-20)38-24-13-8-19-6-4-5-7-21(19)16-24/h4-8,13-14,16-17,20,23,34H,9-12,15,18H2,1-3H3. The quantitative estimate of drug-likeness (QED) is 0.406.